The second-order valence-electron chi connectivity index (χ2n) is 6.39. The van der Waals surface area contributed by atoms with Crippen LogP contribution in [0.4, 0.5) is 0 Å². The lowest BCUT2D eigenvalue weighted by Crippen LogP contribution is -2.06. The molecule has 6 heteroatoms. The van der Waals surface area contributed by atoms with Crippen molar-refractivity contribution in [1.82, 2.24) is 4.57 Å². The molecule has 2 aromatic rings. The van der Waals surface area contributed by atoms with Gasteiger partial charge in [-0.25, -0.2) is 0 Å². The maximum atomic E-state index is 13.0. The van der Waals surface area contributed by atoms with Gasteiger partial charge in [0.2, 0.25) is 11.5 Å². The van der Waals surface area contributed by atoms with Crippen molar-refractivity contribution in [2.75, 3.05) is 21.3 Å². The highest BCUT2D eigenvalue weighted by atomic mass is 16.5. The molecule has 1 aromatic heterocycles. The van der Waals surface area contributed by atoms with Crippen LogP contribution in [0.15, 0.2) is 23.8 Å². The summed E-state index contributed by atoms with van der Waals surface area (Å²) in [5.41, 5.74) is 3.09. The lowest BCUT2D eigenvalue weighted by Gasteiger charge is -2.13. The number of nitrogens with zero attached hydrogens (tertiary/aromatic N) is 2. The van der Waals surface area contributed by atoms with E-state index in [4.69, 9.17) is 14.2 Å². The number of ketones is 1. The first-order valence-corrected chi connectivity index (χ1v) is 9.04. The first-order valence-electron chi connectivity index (χ1n) is 9.04. The summed E-state index contributed by atoms with van der Waals surface area (Å²) in [5.74, 6) is 1.07. The standard InChI is InChI=1S/C22H26N2O4/c1-7-8-24-14(2)9-18(15(24)3)21(25)17(13-23)10-16-11-19(26-4)22(28-6)20(12-16)27-5/h9-12H,7-8H2,1-6H3/b17-10+. The van der Waals surface area contributed by atoms with Crippen LogP contribution in [0.5, 0.6) is 17.2 Å². The van der Waals surface area contributed by atoms with Crippen molar-refractivity contribution < 1.29 is 19.0 Å². The Bertz CT molecular complexity index is 923. The zero-order valence-corrected chi connectivity index (χ0v) is 17.3. The smallest absolute Gasteiger partial charge is 0.205 e. The summed E-state index contributed by atoms with van der Waals surface area (Å²) in [6.45, 7) is 6.80. The topological polar surface area (TPSA) is 73.5 Å². The van der Waals surface area contributed by atoms with E-state index in [1.807, 2.05) is 26.0 Å². The van der Waals surface area contributed by atoms with Gasteiger partial charge in [0.15, 0.2) is 11.5 Å². The number of aryl methyl sites for hydroxylation is 1. The molecule has 0 atom stereocenters. The zero-order chi connectivity index (χ0) is 20.8. The highest BCUT2D eigenvalue weighted by Gasteiger charge is 2.20. The fraction of sp³-hybridized carbons (Fsp3) is 0.364. The minimum Gasteiger partial charge on any atom is -0.493 e. The third kappa shape index (κ3) is 4.04. The lowest BCUT2D eigenvalue weighted by atomic mass is 10.0. The Labute approximate surface area is 165 Å². The van der Waals surface area contributed by atoms with Crippen molar-refractivity contribution in [2.24, 2.45) is 0 Å². The van der Waals surface area contributed by atoms with Gasteiger partial charge in [0.05, 0.1) is 21.3 Å². The molecule has 0 aliphatic heterocycles. The average molecular weight is 382 g/mol. The second-order valence-corrected chi connectivity index (χ2v) is 6.39. The number of ether oxygens (including phenoxy) is 3. The third-order valence-electron chi connectivity index (χ3n) is 4.63. The van der Waals surface area contributed by atoms with Crippen LogP contribution in [0.3, 0.4) is 0 Å². The maximum Gasteiger partial charge on any atom is 0.205 e. The molecule has 0 radical (unpaired) electrons. The van der Waals surface area contributed by atoms with E-state index < -0.39 is 0 Å². The first kappa shape index (κ1) is 21.1. The van der Waals surface area contributed by atoms with Crippen LogP contribution in [-0.2, 0) is 6.54 Å². The summed E-state index contributed by atoms with van der Waals surface area (Å²) < 4.78 is 18.1. The number of benzene rings is 1. The number of rotatable bonds is 8. The molecular weight excluding hydrogens is 356 g/mol. The van der Waals surface area contributed by atoms with Gasteiger partial charge in [-0.3, -0.25) is 4.79 Å². The van der Waals surface area contributed by atoms with Crippen molar-refractivity contribution in [1.29, 1.82) is 5.26 Å². The van der Waals surface area contributed by atoms with Crippen LogP contribution < -0.4 is 14.2 Å². The summed E-state index contributed by atoms with van der Waals surface area (Å²) in [4.78, 5) is 13.0. The molecule has 148 valence electrons. The van der Waals surface area contributed by atoms with E-state index in [0.29, 0.717) is 28.4 Å². The summed E-state index contributed by atoms with van der Waals surface area (Å²) >= 11 is 0. The van der Waals surface area contributed by atoms with E-state index in [1.165, 1.54) is 21.3 Å². The number of allylic oxidation sites excluding steroid dienone is 1. The molecule has 28 heavy (non-hydrogen) atoms. The fourth-order valence-electron chi connectivity index (χ4n) is 3.24. The van der Waals surface area contributed by atoms with Crippen LogP contribution in [-0.4, -0.2) is 31.7 Å². The van der Waals surface area contributed by atoms with Gasteiger partial charge in [-0.15, -0.1) is 0 Å². The number of carbonyl (C=O) groups excluding carboxylic acids is 1. The van der Waals surface area contributed by atoms with Crippen molar-refractivity contribution in [2.45, 2.75) is 33.7 Å². The van der Waals surface area contributed by atoms with E-state index in [-0.39, 0.29) is 11.4 Å². The number of methoxy groups -OCH3 is 3. The van der Waals surface area contributed by atoms with E-state index in [2.05, 4.69) is 11.5 Å². The molecule has 0 aliphatic carbocycles. The molecule has 0 bridgehead atoms. The minimum atomic E-state index is -0.299. The van der Waals surface area contributed by atoms with Crippen molar-refractivity contribution in [3.63, 3.8) is 0 Å². The molecule has 0 N–H and O–H groups in total. The Balaban J connectivity index is 2.51. The number of hydrogen-bond acceptors (Lipinski definition) is 5. The van der Waals surface area contributed by atoms with Gasteiger partial charge in [-0.05, 0) is 50.1 Å². The Kier molecular flexibility index (Phi) is 6.89. The van der Waals surface area contributed by atoms with Crippen LogP contribution in [0.1, 0.15) is 40.7 Å². The SMILES string of the molecule is CCCn1c(C)cc(C(=O)/C(C#N)=C/c2cc(OC)c(OC)c(OC)c2)c1C. The highest BCUT2D eigenvalue weighted by molar-refractivity contribution is 6.14. The van der Waals surface area contributed by atoms with Crippen molar-refractivity contribution in [3.05, 3.63) is 46.3 Å². The normalized spacial score (nSPS) is 11.1. The van der Waals surface area contributed by atoms with Gasteiger partial charge in [0.1, 0.15) is 11.6 Å². The average Bonchev–Trinajstić information content (AvgIpc) is 2.99. The molecule has 0 amide bonds. The van der Waals surface area contributed by atoms with E-state index in [0.717, 1.165) is 24.4 Å². The number of aromatic nitrogens is 1. The molecule has 6 nitrogen and oxygen atoms in total. The summed E-state index contributed by atoms with van der Waals surface area (Å²) in [5, 5.41) is 9.61. The van der Waals surface area contributed by atoms with Gasteiger partial charge in [-0.1, -0.05) is 6.92 Å². The monoisotopic (exact) mass is 382 g/mol. The molecule has 0 unspecified atom stereocenters. The van der Waals surface area contributed by atoms with E-state index >= 15 is 0 Å². The first-order chi connectivity index (χ1) is 13.4. The summed E-state index contributed by atoms with van der Waals surface area (Å²) in [6, 6.07) is 7.27. The number of carbonyl (C=O) groups is 1. The zero-order valence-electron chi connectivity index (χ0n) is 17.3. The molecule has 1 aromatic carbocycles. The summed E-state index contributed by atoms with van der Waals surface area (Å²) in [6.07, 6.45) is 2.51. The molecule has 1 heterocycles. The molecule has 0 fully saturated rings. The van der Waals surface area contributed by atoms with Gasteiger partial charge in [0, 0.05) is 23.5 Å². The second kappa shape index (κ2) is 9.14. The van der Waals surface area contributed by atoms with Crippen LogP contribution in [0.2, 0.25) is 0 Å². The van der Waals surface area contributed by atoms with Gasteiger partial charge in [0.25, 0.3) is 0 Å². The number of hydrogen-bond donors (Lipinski definition) is 0. The van der Waals surface area contributed by atoms with Crippen molar-refractivity contribution in [3.8, 4) is 23.3 Å². The highest BCUT2D eigenvalue weighted by Crippen LogP contribution is 2.38. The maximum absolute atomic E-state index is 13.0. The number of nitriles is 1. The lowest BCUT2D eigenvalue weighted by molar-refractivity contribution is 0.103. The summed E-state index contributed by atoms with van der Waals surface area (Å²) in [7, 11) is 4.56. The van der Waals surface area contributed by atoms with E-state index in [1.54, 1.807) is 18.2 Å². The molecule has 0 aliphatic rings. The molecule has 0 saturated carbocycles. The Morgan fingerprint density at radius 3 is 2.18 bits per heavy atom. The molecular formula is C22H26N2O4. The third-order valence-corrected chi connectivity index (χ3v) is 4.63. The largest absolute Gasteiger partial charge is 0.493 e. The number of Topliss-reactive ketones (excluding diaryl/α,β-unsaturated/α-hetero) is 1. The fourth-order valence-corrected chi connectivity index (χ4v) is 3.24. The predicted octanol–water partition coefficient (Wildman–Crippen LogP) is 4.33. The van der Waals surface area contributed by atoms with Gasteiger partial charge < -0.3 is 18.8 Å². The Hall–Kier alpha value is -3.20. The predicted molar refractivity (Wildman–Crippen MR) is 108 cm³/mol. The van der Waals surface area contributed by atoms with Crippen LogP contribution in [0.25, 0.3) is 6.08 Å². The van der Waals surface area contributed by atoms with E-state index in [9.17, 15) is 10.1 Å². The van der Waals surface area contributed by atoms with Crippen molar-refractivity contribution >= 4 is 11.9 Å². The van der Waals surface area contributed by atoms with Gasteiger partial charge in [-0.2, -0.15) is 5.26 Å². The quantitative estimate of drug-likeness (QED) is 0.386. The minimum absolute atomic E-state index is 0.0472. The van der Waals surface area contributed by atoms with Gasteiger partial charge >= 0.3 is 0 Å². The Morgan fingerprint density at radius 2 is 1.71 bits per heavy atom. The van der Waals surface area contributed by atoms with Crippen LogP contribution >= 0.6 is 0 Å². The van der Waals surface area contributed by atoms with Crippen LogP contribution in [0, 0.1) is 25.2 Å². The Morgan fingerprint density at radius 1 is 1.11 bits per heavy atom. The molecule has 0 saturated heterocycles. The molecule has 2 rings (SSSR count). The molecule has 0 spiro atoms.